The molecule has 1 aromatic heterocycles. The smallest absolute Gasteiger partial charge is 0.261 e. The van der Waals surface area contributed by atoms with Crippen LogP contribution in [-0.4, -0.2) is 11.0 Å². The van der Waals surface area contributed by atoms with E-state index in [1.165, 1.54) is 23.5 Å². The summed E-state index contributed by atoms with van der Waals surface area (Å²) in [5.41, 5.74) is 0.651. The Morgan fingerprint density at radius 3 is 2.81 bits per heavy atom. The van der Waals surface area contributed by atoms with Gasteiger partial charge in [0.2, 0.25) is 0 Å². The number of halogens is 1. The molecule has 0 saturated heterocycles. The van der Waals surface area contributed by atoms with E-state index in [2.05, 4.69) is 5.32 Å². The first kappa shape index (κ1) is 13.6. The second kappa shape index (κ2) is 5.54. The summed E-state index contributed by atoms with van der Waals surface area (Å²) < 4.78 is 13.9. The third-order valence-electron chi connectivity index (χ3n) is 3.14. The zero-order chi connectivity index (χ0) is 14.8. The van der Waals surface area contributed by atoms with Crippen LogP contribution in [0.5, 0.6) is 5.75 Å². The molecule has 2 N–H and O–H groups in total. The van der Waals surface area contributed by atoms with Gasteiger partial charge in [0.1, 0.15) is 11.6 Å². The van der Waals surface area contributed by atoms with E-state index in [4.69, 9.17) is 0 Å². The third-order valence-corrected chi connectivity index (χ3v) is 4.23. The molecule has 21 heavy (non-hydrogen) atoms. The van der Waals surface area contributed by atoms with Crippen molar-refractivity contribution >= 4 is 27.3 Å². The molecule has 0 atom stereocenters. The van der Waals surface area contributed by atoms with Crippen molar-refractivity contribution in [2.24, 2.45) is 0 Å². The second-order valence-corrected chi connectivity index (χ2v) is 5.69. The minimum atomic E-state index is -0.314. The van der Waals surface area contributed by atoms with Gasteiger partial charge in [-0.3, -0.25) is 4.79 Å². The molecule has 0 aliphatic carbocycles. The van der Waals surface area contributed by atoms with Crippen LogP contribution >= 0.6 is 11.3 Å². The van der Waals surface area contributed by atoms with E-state index in [-0.39, 0.29) is 24.0 Å². The predicted molar refractivity (Wildman–Crippen MR) is 81.1 cm³/mol. The van der Waals surface area contributed by atoms with E-state index in [9.17, 15) is 14.3 Å². The Morgan fingerprint density at radius 2 is 2.00 bits per heavy atom. The molecule has 0 spiro atoms. The summed E-state index contributed by atoms with van der Waals surface area (Å²) in [6.07, 6.45) is 0. The molecule has 0 saturated carbocycles. The zero-order valence-corrected chi connectivity index (χ0v) is 11.8. The Kier molecular flexibility index (Phi) is 3.58. The van der Waals surface area contributed by atoms with Gasteiger partial charge < -0.3 is 10.4 Å². The number of phenols is 1. The molecule has 3 nitrogen and oxygen atoms in total. The van der Waals surface area contributed by atoms with Crippen molar-refractivity contribution in [2.75, 3.05) is 0 Å². The molecule has 0 aliphatic rings. The summed E-state index contributed by atoms with van der Waals surface area (Å²) in [5.74, 6) is -0.401. The number of thiophene rings is 1. The lowest BCUT2D eigenvalue weighted by molar-refractivity contribution is 0.0955. The molecule has 1 amide bonds. The highest BCUT2D eigenvalue weighted by Crippen LogP contribution is 2.26. The Labute approximate surface area is 124 Å². The maximum atomic E-state index is 13.1. The number of amides is 1. The van der Waals surface area contributed by atoms with Crippen molar-refractivity contribution in [2.45, 2.75) is 6.54 Å². The number of carbonyl (C=O) groups is 1. The van der Waals surface area contributed by atoms with Gasteiger partial charge in [0.25, 0.3) is 5.91 Å². The average molecular weight is 301 g/mol. The maximum Gasteiger partial charge on any atom is 0.261 e. The lowest BCUT2D eigenvalue weighted by Crippen LogP contribution is -2.21. The number of rotatable bonds is 3. The molecule has 0 bridgehead atoms. The number of phenolic OH excluding ortho intramolecular Hbond substituents is 1. The van der Waals surface area contributed by atoms with Gasteiger partial charge in [0, 0.05) is 16.8 Å². The van der Waals surface area contributed by atoms with E-state index in [0.717, 1.165) is 10.1 Å². The molecule has 106 valence electrons. The van der Waals surface area contributed by atoms with Crippen LogP contribution in [0.3, 0.4) is 0 Å². The molecule has 0 fully saturated rings. The third kappa shape index (κ3) is 2.87. The molecule has 0 unspecified atom stereocenters. The standard InChI is InChI=1S/C16H12FNO2S/c17-12-6-5-10-7-15(21-14(10)8-12)16(20)18-9-11-3-1-2-4-13(11)19/h1-8,19H,9H2,(H,18,20). The normalized spacial score (nSPS) is 10.7. The fourth-order valence-electron chi connectivity index (χ4n) is 2.04. The number of para-hydroxylation sites is 1. The zero-order valence-electron chi connectivity index (χ0n) is 11.0. The van der Waals surface area contributed by atoms with Crippen molar-refractivity contribution in [3.8, 4) is 5.75 Å². The van der Waals surface area contributed by atoms with Gasteiger partial charge in [-0.15, -0.1) is 11.3 Å². The SMILES string of the molecule is O=C(NCc1ccccc1O)c1cc2ccc(F)cc2s1. The predicted octanol–water partition coefficient (Wildman–Crippen LogP) is 3.68. The van der Waals surface area contributed by atoms with Crippen LogP contribution < -0.4 is 5.32 Å². The van der Waals surface area contributed by atoms with Crippen LogP contribution in [0, 0.1) is 5.82 Å². The van der Waals surface area contributed by atoms with Gasteiger partial charge in [-0.2, -0.15) is 0 Å². The summed E-state index contributed by atoms with van der Waals surface area (Å²) in [7, 11) is 0. The van der Waals surface area contributed by atoms with Crippen LogP contribution in [0.1, 0.15) is 15.2 Å². The van der Waals surface area contributed by atoms with Gasteiger partial charge in [-0.25, -0.2) is 4.39 Å². The van der Waals surface area contributed by atoms with Crippen molar-refractivity contribution in [1.82, 2.24) is 5.32 Å². The van der Waals surface area contributed by atoms with Crippen molar-refractivity contribution in [1.29, 1.82) is 0 Å². The number of benzene rings is 2. The molecular weight excluding hydrogens is 289 g/mol. The highest BCUT2D eigenvalue weighted by molar-refractivity contribution is 7.20. The number of carbonyl (C=O) groups excluding carboxylic acids is 1. The van der Waals surface area contributed by atoms with E-state index in [0.29, 0.717) is 10.4 Å². The minimum absolute atomic E-state index is 0.149. The minimum Gasteiger partial charge on any atom is -0.508 e. The average Bonchev–Trinajstić information content (AvgIpc) is 2.89. The van der Waals surface area contributed by atoms with Gasteiger partial charge >= 0.3 is 0 Å². The number of nitrogens with one attached hydrogen (secondary N) is 1. The highest BCUT2D eigenvalue weighted by Gasteiger charge is 2.11. The summed E-state index contributed by atoms with van der Waals surface area (Å²) >= 11 is 1.24. The molecular formula is C16H12FNO2S. The fourth-order valence-corrected chi connectivity index (χ4v) is 3.04. The van der Waals surface area contributed by atoms with Gasteiger partial charge in [-0.05, 0) is 29.7 Å². The lowest BCUT2D eigenvalue weighted by Gasteiger charge is -2.05. The number of hydrogen-bond donors (Lipinski definition) is 2. The first-order valence-corrected chi connectivity index (χ1v) is 7.19. The summed E-state index contributed by atoms with van der Waals surface area (Å²) in [6, 6.07) is 13.0. The van der Waals surface area contributed by atoms with E-state index in [1.807, 2.05) is 0 Å². The molecule has 3 aromatic rings. The molecule has 3 rings (SSSR count). The number of fused-ring (bicyclic) bond motifs is 1. The van der Waals surface area contributed by atoms with Crippen LogP contribution in [-0.2, 0) is 6.54 Å². The van der Waals surface area contributed by atoms with E-state index in [1.54, 1.807) is 36.4 Å². The lowest BCUT2D eigenvalue weighted by atomic mass is 10.2. The van der Waals surface area contributed by atoms with Crippen molar-refractivity contribution in [3.05, 3.63) is 64.8 Å². The first-order chi connectivity index (χ1) is 10.1. The van der Waals surface area contributed by atoms with Crippen LogP contribution in [0.4, 0.5) is 4.39 Å². The second-order valence-electron chi connectivity index (χ2n) is 4.60. The molecule has 0 aliphatic heterocycles. The summed E-state index contributed by atoms with van der Waals surface area (Å²) in [4.78, 5) is 12.6. The largest absolute Gasteiger partial charge is 0.508 e. The maximum absolute atomic E-state index is 13.1. The van der Waals surface area contributed by atoms with Crippen LogP contribution in [0.15, 0.2) is 48.5 Å². The Bertz CT molecular complexity index is 813. The number of aromatic hydroxyl groups is 1. The topological polar surface area (TPSA) is 49.3 Å². The Morgan fingerprint density at radius 1 is 1.19 bits per heavy atom. The first-order valence-electron chi connectivity index (χ1n) is 6.37. The quantitative estimate of drug-likeness (QED) is 0.775. The molecule has 5 heteroatoms. The van der Waals surface area contributed by atoms with Crippen LogP contribution in [0.25, 0.3) is 10.1 Å². The fraction of sp³-hybridized carbons (Fsp3) is 0.0625. The van der Waals surface area contributed by atoms with Gasteiger partial charge in [-0.1, -0.05) is 24.3 Å². The number of hydrogen-bond acceptors (Lipinski definition) is 3. The Balaban J connectivity index is 1.76. The summed E-state index contributed by atoms with van der Waals surface area (Å²) in [6.45, 7) is 0.244. The van der Waals surface area contributed by atoms with E-state index >= 15 is 0 Å². The summed E-state index contributed by atoms with van der Waals surface area (Å²) in [5, 5.41) is 13.2. The Hall–Kier alpha value is -2.40. The van der Waals surface area contributed by atoms with Crippen molar-refractivity contribution in [3.63, 3.8) is 0 Å². The molecule has 1 heterocycles. The van der Waals surface area contributed by atoms with Gasteiger partial charge in [0.05, 0.1) is 4.88 Å². The highest BCUT2D eigenvalue weighted by atomic mass is 32.1. The van der Waals surface area contributed by atoms with Crippen molar-refractivity contribution < 1.29 is 14.3 Å². The molecule has 0 radical (unpaired) electrons. The monoisotopic (exact) mass is 301 g/mol. The van der Waals surface area contributed by atoms with E-state index < -0.39 is 0 Å². The molecule has 2 aromatic carbocycles. The van der Waals surface area contributed by atoms with Gasteiger partial charge in [0.15, 0.2) is 0 Å². The van der Waals surface area contributed by atoms with Crippen LogP contribution in [0.2, 0.25) is 0 Å².